The van der Waals surface area contributed by atoms with E-state index in [2.05, 4.69) is 15.0 Å². The van der Waals surface area contributed by atoms with Crippen molar-refractivity contribution in [1.29, 1.82) is 0 Å². The molecule has 0 fully saturated rings. The Labute approximate surface area is 113 Å². The lowest BCUT2D eigenvalue weighted by Crippen LogP contribution is -1.96. The van der Waals surface area contributed by atoms with Crippen LogP contribution in [0.5, 0.6) is 5.75 Å². The predicted molar refractivity (Wildman–Crippen MR) is 66.8 cm³/mol. The third kappa shape index (κ3) is 2.77. The van der Waals surface area contributed by atoms with E-state index < -0.39 is 0 Å². The van der Waals surface area contributed by atoms with Crippen LogP contribution in [-0.2, 0) is 0 Å². The van der Waals surface area contributed by atoms with Gasteiger partial charge in [0.1, 0.15) is 5.75 Å². The minimum absolute atomic E-state index is 0.0158. The minimum atomic E-state index is 0.0158. The molecule has 0 amide bonds. The molecule has 7 heteroatoms. The topological polar surface area (TPSA) is 47.9 Å². The molecule has 0 radical (unpaired) electrons. The molecule has 2 aromatic rings. The molecule has 0 N–H and O–H groups in total. The molecule has 0 aliphatic rings. The van der Waals surface area contributed by atoms with E-state index in [1.165, 1.54) is 7.11 Å². The van der Waals surface area contributed by atoms with Gasteiger partial charge in [0.15, 0.2) is 5.82 Å². The van der Waals surface area contributed by atoms with Gasteiger partial charge in [-0.1, -0.05) is 11.6 Å². The van der Waals surface area contributed by atoms with Gasteiger partial charge in [-0.05, 0) is 41.4 Å². The zero-order valence-electron chi connectivity index (χ0n) is 8.62. The van der Waals surface area contributed by atoms with Crippen molar-refractivity contribution in [2.24, 2.45) is 0 Å². The molecule has 0 aliphatic carbocycles. The number of hydrogen-bond acceptors (Lipinski definition) is 4. The molecule has 4 nitrogen and oxygen atoms in total. The lowest BCUT2D eigenvalue weighted by atomic mass is 10.2. The second kappa shape index (κ2) is 5.04. The van der Waals surface area contributed by atoms with Crippen molar-refractivity contribution >= 4 is 34.8 Å². The maximum Gasteiger partial charge on any atom is 0.227 e. The van der Waals surface area contributed by atoms with Gasteiger partial charge in [-0.15, -0.1) is 0 Å². The van der Waals surface area contributed by atoms with Crippen molar-refractivity contribution in [2.75, 3.05) is 7.11 Å². The second-order valence-electron chi connectivity index (χ2n) is 3.04. The van der Waals surface area contributed by atoms with Crippen LogP contribution in [0.15, 0.2) is 18.2 Å². The van der Waals surface area contributed by atoms with E-state index in [1.807, 2.05) is 0 Å². The summed E-state index contributed by atoms with van der Waals surface area (Å²) in [6.45, 7) is 0. The van der Waals surface area contributed by atoms with Crippen molar-refractivity contribution in [1.82, 2.24) is 15.0 Å². The van der Waals surface area contributed by atoms with Crippen LogP contribution in [-0.4, -0.2) is 22.1 Å². The first-order valence-corrected chi connectivity index (χ1v) is 5.64. The molecule has 0 saturated heterocycles. The Morgan fingerprint density at radius 2 is 1.65 bits per heavy atom. The van der Waals surface area contributed by atoms with Crippen molar-refractivity contribution in [3.8, 4) is 17.1 Å². The zero-order chi connectivity index (χ0) is 12.4. The lowest BCUT2D eigenvalue weighted by molar-refractivity contribution is 0.416. The van der Waals surface area contributed by atoms with Crippen LogP contribution in [0.25, 0.3) is 11.4 Å². The van der Waals surface area contributed by atoms with Crippen LogP contribution < -0.4 is 4.74 Å². The molecule has 0 aliphatic heterocycles. The Hall–Kier alpha value is -1.10. The maximum absolute atomic E-state index is 5.91. The predicted octanol–water partition coefficient (Wildman–Crippen LogP) is 3.51. The van der Waals surface area contributed by atoms with E-state index in [1.54, 1.807) is 18.2 Å². The van der Waals surface area contributed by atoms with Gasteiger partial charge in [0.2, 0.25) is 10.6 Å². The fraction of sp³-hybridized carbons (Fsp3) is 0.100. The highest BCUT2D eigenvalue weighted by Gasteiger charge is 2.12. The summed E-state index contributed by atoms with van der Waals surface area (Å²) in [5.74, 6) is 0.891. The molecule has 1 aromatic heterocycles. The summed E-state index contributed by atoms with van der Waals surface area (Å²) in [6.07, 6.45) is 0. The van der Waals surface area contributed by atoms with E-state index in [9.17, 15) is 0 Å². The quantitative estimate of drug-likeness (QED) is 0.849. The van der Waals surface area contributed by atoms with Gasteiger partial charge in [0.25, 0.3) is 0 Å². The van der Waals surface area contributed by atoms with Gasteiger partial charge in [-0.25, -0.2) is 0 Å². The van der Waals surface area contributed by atoms with Crippen LogP contribution >= 0.6 is 34.8 Å². The molecular formula is C10H6Cl3N3O. The third-order valence-electron chi connectivity index (χ3n) is 1.98. The van der Waals surface area contributed by atoms with Gasteiger partial charge in [0, 0.05) is 5.02 Å². The first kappa shape index (κ1) is 12.4. The van der Waals surface area contributed by atoms with E-state index in [4.69, 9.17) is 39.5 Å². The van der Waals surface area contributed by atoms with Crippen LogP contribution in [0.2, 0.25) is 15.6 Å². The van der Waals surface area contributed by atoms with Crippen LogP contribution in [0, 0.1) is 0 Å². The van der Waals surface area contributed by atoms with Crippen LogP contribution in [0.1, 0.15) is 0 Å². The summed E-state index contributed by atoms with van der Waals surface area (Å²) in [6, 6.07) is 5.08. The first-order valence-electron chi connectivity index (χ1n) is 4.51. The van der Waals surface area contributed by atoms with E-state index in [0.717, 1.165) is 0 Å². The average molecular weight is 291 g/mol. The summed E-state index contributed by atoms with van der Waals surface area (Å²) in [4.78, 5) is 11.6. The first-order chi connectivity index (χ1) is 8.10. The maximum atomic E-state index is 5.91. The standard InChI is InChI=1S/C10H6Cl3N3O/c1-17-7-3-2-5(11)4-6(7)8-14-9(12)16-10(13)15-8/h2-4H,1H3. The van der Waals surface area contributed by atoms with Gasteiger partial charge in [-0.3, -0.25) is 0 Å². The molecule has 0 unspecified atom stereocenters. The largest absolute Gasteiger partial charge is 0.496 e. The van der Waals surface area contributed by atoms with Gasteiger partial charge < -0.3 is 4.74 Å². The fourth-order valence-corrected chi connectivity index (χ4v) is 1.84. The number of nitrogens with zero attached hydrogens (tertiary/aromatic N) is 3. The Kier molecular flexibility index (Phi) is 3.66. The molecule has 0 atom stereocenters. The Morgan fingerprint density at radius 3 is 2.24 bits per heavy atom. The summed E-state index contributed by atoms with van der Waals surface area (Å²) >= 11 is 17.3. The highest BCUT2D eigenvalue weighted by Crippen LogP contribution is 2.30. The van der Waals surface area contributed by atoms with Crippen molar-refractivity contribution in [3.05, 3.63) is 33.8 Å². The van der Waals surface area contributed by atoms with E-state index >= 15 is 0 Å². The molecule has 1 aromatic carbocycles. The molecule has 2 rings (SSSR count). The Balaban J connectivity index is 2.62. The lowest BCUT2D eigenvalue weighted by Gasteiger charge is -2.07. The number of ether oxygens (including phenoxy) is 1. The highest BCUT2D eigenvalue weighted by molar-refractivity contribution is 6.31. The monoisotopic (exact) mass is 289 g/mol. The molecule has 1 heterocycles. The Morgan fingerprint density at radius 1 is 1.00 bits per heavy atom. The van der Waals surface area contributed by atoms with Crippen LogP contribution in [0.3, 0.4) is 0 Å². The van der Waals surface area contributed by atoms with Gasteiger partial charge in [-0.2, -0.15) is 15.0 Å². The van der Waals surface area contributed by atoms with Crippen LogP contribution in [0.4, 0.5) is 0 Å². The molecule has 0 spiro atoms. The summed E-state index contributed by atoms with van der Waals surface area (Å²) in [5.41, 5.74) is 0.603. The third-order valence-corrected chi connectivity index (χ3v) is 2.56. The molecule has 17 heavy (non-hydrogen) atoms. The minimum Gasteiger partial charge on any atom is -0.496 e. The summed E-state index contributed by atoms with van der Waals surface area (Å²) < 4.78 is 5.19. The van der Waals surface area contributed by atoms with E-state index in [-0.39, 0.29) is 10.6 Å². The molecule has 88 valence electrons. The van der Waals surface area contributed by atoms with E-state index in [0.29, 0.717) is 22.2 Å². The van der Waals surface area contributed by atoms with Gasteiger partial charge >= 0.3 is 0 Å². The molecule has 0 bridgehead atoms. The fourth-order valence-electron chi connectivity index (χ4n) is 1.30. The molecule has 0 saturated carbocycles. The molecular weight excluding hydrogens is 284 g/mol. The average Bonchev–Trinajstić information content (AvgIpc) is 2.27. The zero-order valence-corrected chi connectivity index (χ0v) is 10.9. The number of halogens is 3. The summed E-state index contributed by atoms with van der Waals surface area (Å²) in [5, 5.41) is 0.567. The highest BCUT2D eigenvalue weighted by atomic mass is 35.5. The number of rotatable bonds is 2. The second-order valence-corrected chi connectivity index (χ2v) is 4.15. The Bertz CT molecular complexity index is 542. The number of aromatic nitrogens is 3. The SMILES string of the molecule is COc1ccc(Cl)cc1-c1nc(Cl)nc(Cl)n1. The van der Waals surface area contributed by atoms with Crippen molar-refractivity contribution in [3.63, 3.8) is 0 Å². The smallest absolute Gasteiger partial charge is 0.227 e. The summed E-state index contributed by atoms with van der Waals surface area (Å²) in [7, 11) is 1.54. The van der Waals surface area contributed by atoms with Crippen molar-refractivity contribution in [2.45, 2.75) is 0 Å². The number of benzene rings is 1. The van der Waals surface area contributed by atoms with Crippen molar-refractivity contribution < 1.29 is 4.74 Å². The number of methoxy groups -OCH3 is 1. The van der Waals surface area contributed by atoms with Gasteiger partial charge in [0.05, 0.1) is 12.7 Å². The number of hydrogen-bond donors (Lipinski definition) is 0. The normalized spacial score (nSPS) is 10.4.